The molecule has 4 rings (SSSR count). The van der Waals surface area contributed by atoms with E-state index in [1.54, 1.807) is 23.1 Å². The molecule has 2 unspecified atom stereocenters. The zero-order valence-corrected chi connectivity index (χ0v) is 18.0. The van der Waals surface area contributed by atoms with Crippen LogP contribution in [0.15, 0.2) is 30.0 Å². The number of benzene rings is 1. The minimum absolute atomic E-state index is 0.0353. The maximum absolute atomic E-state index is 13.6. The summed E-state index contributed by atoms with van der Waals surface area (Å²) < 4.78 is 19.6. The van der Waals surface area contributed by atoms with Crippen molar-refractivity contribution >= 4 is 17.9 Å². The van der Waals surface area contributed by atoms with Crippen molar-refractivity contribution in [3.63, 3.8) is 0 Å². The van der Waals surface area contributed by atoms with Gasteiger partial charge in [-0.2, -0.15) is 0 Å². The lowest BCUT2D eigenvalue weighted by molar-refractivity contribution is -0.151. The molecule has 168 valence electrons. The highest BCUT2D eigenvalue weighted by Gasteiger charge is 2.42. The van der Waals surface area contributed by atoms with Gasteiger partial charge in [0.1, 0.15) is 18.5 Å². The van der Waals surface area contributed by atoms with Crippen molar-refractivity contribution < 1.29 is 18.7 Å². The van der Waals surface area contributed by atoms with E-state index in [0.717, 1.165) is 51.7 Å². The first kappa shape index (κ1) is 21.8. The van der Waals surface area contributed by atoms with Crippen LogP contribution in [-0.2, 0) is 14.3 Å². The standard InChI is InChI=1S/C24H32FN3O3/c25-19-8-5-7-18(15-19)16-22-24(30)28(20-9-1-2-10-21(20)31-22)17-23(29)26-11-6-14-27-12-3-4-13-27/h5,7-8,15-16,20-21H,1-4,6,9-14,17H2,(H,26,29)/b22-16+. The number of fused-ring (bicyclic) bond motifs is 1. The first-order valence-corrected chi connectivity index (χ1v) is 11.5. The fourth-order valence-electron chi connectivity index (χ4n) is 4.86. The number of hydrogen-bond donors (Lipinski definition) is 1. The van der Waals surface area contributed by atoms with Gasteiger partial charge < -0.3 is 19.9 Å². The van der Waals surface area contributed by atoms with Crippen molar-refractivity contribution in [3.8, 4) is 0 Å². The number of nitrogens with zero attached hydrogens (tertiary/aromatic N) is 2. The van der Waals surface area contributed by atoms with Crippen molar-refractivity contribution in [3.05, 3.63) is 41.4 Å². The number of morpholine rings is 1. The van der Waals surface area contributed by atoms with Crippen LogP contribution in [0.25, 0.3) is 6.08 Å². The number of likely N-dealkylation sites (tertiary alicyclic amines) is 1. The lowest BCUT2D eigenvalue weighted by atomic mass is 9.89. The van der Waals surface area contributed by atoms with E-state index in [9.17, 15) is 14.0 Å². The Labute approximate surface area is 183 Å². The topological polar surface area (TPSA) is 61.9 Å². The quantitative estimate of drug-likeness (QED) is 0.535. The highest BCUT2D eigenvalue weighted by Crippen LogP contribution is 2.33. The summed E-state index contributed by atoms with van der Waals surface area (Å²) >= 11 is 0. The van der Waals surface area contributed by atoms with Gasteiger partial charge in [-0.1, -0.05) is 18.6 Å². The van der Waals surface area contributed by atoms with E-state index >= 15 is 0 Å². The van der Waals surface area contributed by atoms with Gasteiger partial charge in [0.25, 0.3) is 5.91 Å². The molecule has 2 heterocycles. The number of rotatable bonds is 7. The van der Waals surface area contributed by atoms with E-state index in [2.05, 4.69) is 10.2 Å². The number of hydrogen-bond acceptors (Lipinski definition) is 4. The molecule has 3 fully saturated rings. The van der Waals surface area contributed by atoms with E-state index in [0.29, 0.717) is 12.1 Å². The van der Waals surface area contributed by atoms with E-state index in [4.69, 9.17) is 4.74 Å². The molecule has 7 heteroatoms. The summed E-state index contributed by atoms with van der Waals surface area (Å²) in [6.45, 7) is 3.96. The summed E-state index contributed by atoms with van der Waals surface area (Å²) in [6, 6.07) is 5.99. The molecule has 3 aliphatic rings. The van der Waals surface area contributed by atoms with Gasteiger partial charge in [-0.15, -0.1) is 0 Å². The van der Waals surface area contributed by atoms with Crippen molar-refractivity contribution in [2.24, 2.45) is 0 Å². The number of carbonyl (C=O) groups is 2. The molecular weight excluding hydrogens is 397 g/mol. The van der Waals surface area contributed by atoms with Gasteiger partial charge in [-0.25, -0.2) is 4.39 Å². The second kappa shape index (κ2) is 10.3. The Hall–Kier alpha value is -2.41. The minimum atomic E-state index is -0.363. The molecular formula is C24H32FN3O3. The smallest absolute Gasteiger partial charge is 0.289 e. The van der Waals surface area contributed by atoms with Crippen LogP contribution >= 0.6 is 0 Å². The Balaban J connectivity index is 1.38. The van der Waals surface area contributed by atoms with Gasteiger partial charge in [0.2, 0.25) is 5.91 Å². The zero-order valence-electron chi connectivity index (χ0n) is 18.0. The average molecular weight is 430 g/mol. The molecule has 31 heavy (non-hydrogen) atoms. The fourth-order valence-corrected chi connectivity index (χ4v) is 4.86. The van der Waals surface area contributed by atoms with Crippen LogP contribution in [-0.4, -0.2) is 66.5 Å². The van der Waals surface area contributed by atoms with Gasteiger partial charge in [-0.3, -0.25) is 9.59 Å². The Morgan fingerprint density at radius 2 is 2.00 bits per heavy atom. The van der Waals surface area contributed by atoms with Gasteiger partial charge >= 0.3 is 0 Å². The van der Waals surface area contributed by atoms with E-state index < -0.39 is 0 Å². The van der Waals surface area contributed by atoms with Gasteiger partial charge in [-0.05, 0) is 81.9 Å². The Morgan fingerprint density at radius 3 is 2.81 bits per heavy atom. The number of halogens is 1. The maximum Gasteiger partial charge on any atom is 0.289 e. The van der Waals surface area contributed by atoms with Crippen molar-refractivity contribution in [2.45, 2.75) is 57.1 Å². The van der Waals surface area contributed by atoms with Crippen LogP contribution in [0, 0.1) is 5.82 Å². The van der Waals surface area contributed by atoms with E-state index in [1.165, 1.54) is 25.0 Å². The lowest BCUT2D eigenvalue weighted by Crippen LogP contribution is -2.57. The molecule has 0 aromatic heterocycles. The average Bonchev–Trinajstić information content (AvgIpc) is 3.28. The lowest BCUT2D eigenvalue weighted by Gasteiger charge is -2.44. The van der Waals surface area contributed by atoms with Crippen LogP contribution in [0.1, 0.15) is 50.5 Å². The summed E-state index contributed by atoms with van der Waals surface area (Å²) in [6.07, 6.45) is 8.66. The second-order valence-corrected chi connectivity index (χ2v) is 8.76. The summed E-state index contributed by atoms with van der Waals surface area (Å²) in [5.41, 5.74) is 0.573. The van der Waals surface area contributed by atoms with Crippen LogP contribution in [0.2, 0.25) is 0 Å². The first-order chi connectivity index (χ1) is 15.1. The SMILES string of the molecule is O=C(CN1C(=O)/C(=C\c2cccc(F)c2)OC2CCCCC21)NCCCN1CCCC1. The Morgan fingerprint density at radius 1 is 1.19 bits per heavy atom. The summed E-state index contributed by atoms with van der Waals surface area (Å²) in [5, 5.41) is 2.97. The zero-order chi connectivity index (χ0) is 21.6. The van der Waals surface area contributed by atoms with Crippen LogP contribution in [0.5, 0.6) is 0 Å². The van der Waals surface area contributed by atoms with E-state index in [-0.39, 0.29) is 42.1 Å². The molecule has 2 saturated heterocycles. The molecule has 1 aromatic rings. The fraction of sp³-hybridized carbons (Fsp3) is 0.583. The van der Waals surface area contributed by atoms with Crippen molar-refractivity contribution in [1.82, 2.24) is 15.1 Å². The minimum Gasteiger partial charge on any atom is -0.482 e. The van der Waals surface area contributed by atoms with Gasteiger partial charge in [0.15, 0.2) is 5.76 Å². The molecule has 1 saturated carbocycles. The predicted octanol–water partition coefficient (Wildman–Crippen LogP) is 2.94. The molecule has 1 aromatic carbocycles. The molecule has 0 spiro atoms. The summed E-state index contributed by atoms with van der Waals surface area (Å²) in [7, 11) is 0. The van der Waals surface area contributed by atoms with Gasteiger partial charge in [0, 0.05) is 6.54 Å². The third-order valence-electron chi connectivity index (χ3n) is 6.45. The molecule has 6 nitrogen and oxygen atoms in total. The van der Waals surface area contributed by atoms with Crippen LogP contribution in [0.4, 0.5) is 4.39 Å². The summed E-state index contributed by atoms with van der Waals surface area (Å²) in [5.74, 6) is -0.598. The first-order valence-electron chi connectivity index (χ1n) is 11.5. The normalized spacial score (nSPS) is 25.4. The third-order valence-corrected chi connectivity index (χ3v) is 6.45. The van der Waals surface area contributed by atoms with Crippen LogP contribution < -0.4 is 5.32 Å². The monoisotopic (exact) mass is 429 g/mol. The van der Waals surface area contributed by atoms with Crippen molar-refractivity contribution in [1.29, 1.82) is 0 Å². The van der Waals surface area contributed by atoms with Crippen molar-refractivity contribution in [2.75, 3.05) is 32.7 Å². The number of ether oxygens (including phenoxy) is 1. The Bertz CT molecular complexity index is 822. The second-order valence-electron chi connectivity index (χ2n) is 8.76. The highest BCUT2D eigenvalue weighted by atomic mass is 19.1. The maximum atomic E-state index is 13.6. The molecule has 2 atom stereocenters. The molecule has 1 N–H and O–H groups in total. The molecule has 2 amide bonds. The summed E-state index contributed by atoms with van der Waals surface area (Å²) in [4.78, 5) is 29.9. The predicted molar refractivity (Wildman–Crippen MR) is 117 cm³/mol. The van der Waals surface area contributed by atoms with Gasteiger partial charge in [0.05, 0.1) is 6.04 Å². The number of amides is 2. The highest BCUT2D eigenvalue weighted by molar-refractivity contribution is 5.98. The number of carbonyl (C=O) groups excluding carboxylic acids is 2. The molecule has 0 radical (unpaired) electrons. The molecule has 2 aliphatic heterocycles. The Kier molecular flexibility index (Phi) is 7.22. The third kappa shape index (κ3) is 5.64. The largest absolute Gasteiger partial charge is 0.482 e. The number of nitrogens with one attached hydrogen (secondary N) is 1. The van der Waals surface area contributed by atoms with E-state index in [1.807, 2.05) is 0 Å². The van der Waals surface area contributed by atoms with Crippen LogP contribution in [0.3, 0.4) is 0 Å². The molecule has 1 aliphatic carbocycles. The molecule has 0 bridgehead atoms.